The van der Waals surface area contributed by atoms with Gasteiger partial charge < -0.3 is 4.90 Å². The van der Waals surface area contributed by atoms with Crippen LogP contribution in [-0.2, 0) is 4.79 Å². The molecule has 0 N–H and O–H groups in total. The minimum atomic E-state index is 0.227. The van der Waals surface area contributed by atoms with Crippen molar-refractivity contribution in [3.63, 3.8) is 0 Å². The van der Waals surface area contributed by atoms with Crippen LogP contribution in [0.4, 0.5) is 0 Å². The Morgan fingerprint density at radius 3 is 2.40 bits per heavy atom. The molecule has 2 aliphatic heterocycles. The molecule has 2 atom stereocenters. The Bertz CT molecular complexity index is 493. The summed E-state index contributed by atoms with van der Waals surface area (Å²) in [7, 11) is 2.24. The summed E-state index contributed by atoms with van der Waals surface area (Å²) in [6.07, 6.45) is 5.66. The fourth-order valence-corrected chi connectivity index (χ4v) is 3.88. The normalized spacial score (nSPS) is 29.4. The quantitative estimate of drug-likeness (QED) is 0.779. The average Bonchev–Trinajstić information content (AvgIpc) is 2.69. The second kappa shape index (κ2) is 5.53. The number of piperidine rings is 1. The summed E-state index contributed by atoms with van der Waals surface area (Å²) in [5.41, 5.74) is 1.64. The SMILES string of the molecule is C=C(C(=O)CC1CC2CCC(C1)N2C)c1ccccc1. The Kier molecular flexibility index (Phi) is 3.75. The molecule has 0 radical (unpaired) electrons. The molecule has 20 heavy (non-hydrogen) atoms. The number of carbonyl (C=O) groups excluding carboxylic acids is 1. The van der Waals surface area contributed by atoms with E-state index in [2.05, 4.69) is 18.5 Å². The van der Waals surface area contributed by atoms with Crippen LogP contribution in [0.1, 0.15) is 37.7 Å². The third kappa shape index (κ3) is 2.57. The maximum atomic E-state index is 12.4. The van der Waals surface area contributed by atoms with E-state index >= 15 is 0 Å². The van der Waals surface area contributed by atoms with Gasteiger partial charge in [-0.15, -0.1) is 0 Å². The van der Waals surface area contributed by atoms with Crippen LogP contribution in [-0.4, -0.2) is 29.8 Å². The molecule has 3 rings (SSSR count). The van der Waals surface area contributed by atoms with Crippen LogP contribution in [0.2, 0.25) is 0 Å². The number of allylic oxidation sites excluding steroid dienone is 1. The van der Waals surface area contributed by atoms with E-state index < -0.39 is 0 Å². The number of fused-ring (bicyclic) bond motifs is 2. The minimum Gasteiger partial charge on any atom is -0.300 e. The van der Waals surface area contributed by atoms with Gasteiger partial charge in [-0.25, -0.2) is 0 Å². The lowest BCUT2D eigenvalue weighted by atomic mass is 9.85. The molecule has 0 aliphatic carbocycles. The van der Waals surface area contributed by atoms with Crippen LogP contribution in [0.3, 0.4) is 0 Å². The Hall–Kier alpha value is -1.41. The standard InChI is InChI=1S/C18H23NO/c1-13(15-6-4-3-5-7-15)18(20)12-14-10-16-8-9-17(11-14)19(16)2/h3-7,14,16-17H,1,8-12H2,2H3. The van der Waals surface area contributed by atoms with Crippen molar-refractivity contribution < 1.29 is 4.79 Å². The Morgan fingerprint density at radius 1 is 1.20 bits per heavy atom. The fourth-order valence-electron chi connectivity index (χ4n) is 3.88. The molecule has 2 unspecified atom stereocenters. The molecule has 2 fully saturated rings. The van der Waals surface area contributed by atoms with Gasteiger partial charge in [-0.1, -0.05) is 36.9 Å². The number of carbonyl (C=O) groups is 1. The highest BCUT2D eigenvalue weighted by atomic mass is 16.1. The van der Waals surface area contributed by atoms with Crippen LogP contribution in [0.5, 0.6) is 0 Å². The molecule has 2 saturated heterocycles. The predicted octanol–water partition coefficient (Wildman–Crippen LogP) is 3.53. The smallest absolute Gasteiger partial charge is 0.163 e. The van der Waals surface area contributed by atoms with E-state index in [0.29, 0.717) is 30.0 Å². The summed E-state index contributed by atoms with van der Waals surface area (Å²) in [5, 5.41) is 0. The summed E-state index contributed by atoms with van der Waals surface area (Å²) in [4.78, 5) is 14.9. The lowest BCUT2D eigenvalue weighted by Crippen LogP contribution is -2.40. The third-order valence-electron chi connectivity index (χ3n) is 5.13. The second-order valence-electron chi connectivity index (χ2n) is 6.36. The lowest BCUT2D eigenvalue weighted by Gasteiger charge is -2.36. The maximum absolute atomic E-state index is 12.4. The molecule has 2 bridgehead atoms. The number of ketones is 1. The van der Waals surface area contributed by atoms with E-state index in [9.17, 15) is 4.79 Å². The van der Waals surface area contributed by atoms with Gasteiger partial charge in [0, 0.05) is 24.1 Å². The average molecular weight is 269 g/mol. The molecule has 1 aromatic rings. The van der Waals surface area contributed by atoms with Crippen LogP contribution >= 0.6 is 0 Å². The van der Waals surface area contributed by atoms with Gasteiger partial charge in [0.05, 0.1) is 0 Å². The summed E-state index contributed by atoms with van der Waals surface area (Å²) < 4.78 is 0. The van der Waals surface area contributed by atoms with E-state index in [1.165, 1.54) is 25.7 Å². The highest BCUT2D eigenvalue weighted by molar-refractivity contribution is 6.19. The van der Waals surface area contributed by atoms with Gasteiger partial charge in [-0.05, 0) is 44.2 Å². The maximum Gasteiger partial charge on any atom is 0.163 e. The summed E-state index contributed by atoms with van der Waals surface area (Å²) in [6, 6.07) is 11.2. The number of benzene rings is 1. The first-order valence-corrected chi connectivity index (χ1v) is 7.64. The summed E-state index contributed by atoms with van der Waals surface area (Å²) in [6.45, 7) is 4.00. The molecule has 1 aromatic carbocycles. The molecular formula is C18H23NO. The third-order valence-corrected chi connectivity index (χ3v) is 5.13. The molecule has 2 nitrogen and oxygen atoms in total. The first-order valence-electron chi connectivity index (χ1n) is 7.64. The van der Waals surface area contributed by atoms with Crippen molar-refractivity contribution in [3.8, 4) is 0 Å². The zero-order valence-corrected chi connectivity index (χ0v) is 12.2. The zero-order valence-electron chi connectivity index (χ0n) is 12.2. The fraction of sp³-hybridized carbons (Fsp3) is 0.500. The Balaban J connectivity index is 1.61. The first kappa shape index (κ1) is 13.6. The monoisotopic (exact) mass is 269 g/mol. The number of hydrogen-bond acceptors (Lipinski definition) is 2. The molecule has 106 valence electrons. The molecule has 0 saturated carbocycles. The van der Waals surface area contributed by atoms with Crippen molar-refractivity contribution in [2.45, 2.75) is 44.2 Å². The van der Waals surface area contributed by atoms with Crippen LogP contribution in [0, 0.1) is 5.92 Å². The zero-order chi connectivity index (χ0) is 14.1. The topological polar surface area (TPSA) is 20.3 Å². The second-order valence-corrected chi connectivity index (χ2v) is 6.36. The Morgan fingerprint density at radius 2 is 1.80 bits per heavy atom. The highest BCUT2D eigenvalue weighted by Crippen LogP contribution is 2.39. The number of rotatable bonds is 4. The van der Waals surface area contributed by atoms with Crippen LogP contribution in [0.15, 0.2) is 36.9 Å². The molecule has 0 aromatic heterocycles. The number of nitrogens with zero attached hydrogens (tertiary/aromatic N) is 1. The summed E-state index contributed by atoms with van der Waals surface area (Å²) in [5.74, 6) is 0.779. The van der Waals surface area contributed by atoms with Crippen molar-refractivity contribution in [1.82, 2.24) is 4.90 Å². The molecular weight excluding hydrogens is 246 g/mol. The van der Waals surface area contributed by atoms with Crippen molar-refractivity contribution >= 4 is 11.4 Å². The molecule has 2 aliphatic rings. The van der Waals surface area contributed by atoms with E-state index in [0.717, 1.165) is 5.56 Å². The van der Waals surface area contributed by atoms with Crippen molar-refractivity contribution in [2.75, 3.05) is 7.05 Å². The predicted molar refractivity (Wildman–Crippen MR) is 82.4 cm³/mol. The Labute approximate surface area is 121 Å². The minimum absolute atomic E-state index is 0.227. The van der Waals surface area contributed by atoms with Crippen molar-refractivity contribution in [2.24, 2.45) is 5.92 Å². The summed E-state index contributed by atoms with van der Waals surface area (Å²) >= 11 is 0. The number of hydrogen-bond donors (Lipinski definition) is 0. The van der Waals surface area contributed by atoms with Gasteiger partial charge in [-0.3, -0.25) is 4.79 Å². The molecule has 2 heterocycles. The first-order chi connectivity index (χ1) is 9.65. The van der Waals surface area contributed by atoms with Gasteiger partial charge in [-0.2, -0.15) is 0 Å². The van der Waals surface area contributed by atoms with Crippen LogP contribution in [0.25, 0.3) is 5.57 Å². The molecule has 0 spiro atoms. The molecule has 0 amide bonds. The van der Waals surface area contributed by atoms with E-state index in [1.54, 1.807) is 0 Å². The van der Waals surface area contributed by atoms with Gasteiger partial charge in [0.15, 0.2) is 5.78 Å². The van der Waals surface area contributed by atoms with Crippen molar-refractivity contribution in [3.05, 3.63) is 42.5 Å². The van der Waals surface area contributed by atoms with Gasteiger partial charge >= 0.3 is 0 Å². The largest absolute Gasteiger partial charge is 0.300 e. The highest BCUT2D eigenvalue weighted by Gasteiger charge is 2.38. The van der Waals surface area contributed by atoms with Crippen molar-refractivity contribution in [1.29, 1.82) is 0 Å². The van der Waals surface area contributed by atoms with E-state index in [-0.39, 0.29) is 5.78 Å². The van der Waals surface area contributed by atoms with Gasteiger partial charge in [0.2, 0.25) is 0 Å². The molecule has 2 heteroatoms. The van der Waals surface area contributed by atoms with E-state index in [1.807, 2.05) is 30.3 Å². The van der Waals surface area contributed by atoms with Crippen LogP contribution < -0.4 is 0 Å². The number of Topliss-reactive ketones (excluding diaryl/α,β-unsaturated/α-hetero) is 1. The van der Waals surface area contributed by atoms with Gasteiger partial charge in [0.25, 0.3) is 0 Å². The van der Waals surface area contributed by atoms with Gasteiger partial charge in [0.1, 0.15) is 0 Å². The van der Waals surface area contributed by atoms with E-state index in [4.69, 9.17) is 0 Å². The lowest BCUT2D eigenvalue weighted by molar-refractivity contribution is -0.115.